The van der Waals surface area contributed by atoms with E-state index in [9.17, 15) is 4.79 Å². The molecule has 1 aromatic rings. The van der Waals surface area contributed by atoms with E-state index in [1.165, 1.54) is 36.9 Å². The average Bonchev–Trinajstić information content (AvgIpc) is 3.21. The predicted molar refractivity (Wildman–Crippen MR) is 87.2 cm³/mol. The maximum atomic E-state index is 12.8. The van der Waals surface area contributed by atoms with Crippen molar-refractivity contribution >= 4 is 24.0 Å². The molecule has 0 aromatic heterocycles. The number of rotatable bonds is 1. The fourth-order valence-electron chi connectivity index (χ4n) is 4.39. The summed E-state index contributed by atoms with van der Waals surface area (Å²) in [5.41, 5.74) is 2.88. The maximum absolute atomic E-state index is 12.8. The van der Waals surface area contributed by atoms with E-state index < -0.39 is 0 Å². The van der Waals surface area contributed by atoms with Crippen LogP contribution in [0.15, 0.2) is 24.3 Å². The van der Waals surface area contributed by atoms with Crippen LogP contribution in [0, 0.1) is 5.92 Å². The molecule has 2 fully saturated rings. The number of nitrogens with zero attached hydrogens (tertiary/aromatic N) is 1. The SMILES string of the molecule is Cl.O=C(C1CCNC1)N1CC2(CCCC2)c2ccccc21. The van der Waals surface area contributed by atoms with Crippen LogP contribution in [-0.4, -0.2) is 25.5 Å². The highest BCUT2D eigenvalue weighted by atomic mass is 35.5. The number of hydrogen-bond acceptors (Lipinski definition) is 2. The number of halogens is 1. The van der Waals surface area contributed by atoms with E-state index in [0.29, 0.717) is 5.91 Å². The molecule has 1 spiro atoms. The Balaban J connectivity index is 0.00000132. The summed E-state index contributed by atoms with van der Waals surface area (Å²) in [5.74, 6) is 0.519. The molecule has 1 aliphatic carbocycles. The van der Waals surface area contributed by atoms with Crippen molar-refractivity contribution in [2.75, 3.05) is 24.5 Å². The number of anilines is 1. The van der Waals surface area contributed by atoms with Crippen molar-refractivity contribution in [2.24, 2.45) is 5.92 Å². The second-order valence-electron chi connectivity index (χ2n) is 6.62. The van der Waals surface area contributed by atoms with Crippen molar-refractivity contribution in [3.05, 3.63) is 29.8 Å². The molecule has 2 heterocycles. The lowest BCUT2D eigenvalue weighted by Crippen LogP contribution is -2.39. The summed E-state index contributed by atoms with van der Waals surface area (Å²) in [5, 5.41) is 3.31. The number of benzene rings is 1. The number of amides is 1. The number of carbonyl (C=O) groups excluding carboxylic acids is 1. The second kappa shape index (κ2) is 5.62. The Morgan fingerprint density at radius 1 is 1.24 bits per heavy atom. The minimum absolute atomic E-state index is 0. The first-order chi connectivity index (χ1) is 9.80. The van der Waals surface area contributed by atoms with Gasteiger partial charge in [0.05, 0.1) is 5.92 Å². The van der Waals surface area contributed by atoms with Crippen molar-refractivity contribution < 1.29 is 4.79 Å². The first kappa shape index (κ1) is 14.9. The molecular formula is C17H23ClN2O. The fourth-order valence-corrected chi connectivity index (χ4v) is 4.39. The van der Waals surface area contributed by atoms with E-state index >= 15 is 0 Å². The Kier molecular flexibility index (Phi) is 3.98. The highest BCUT2D eigenvalue weighted by Gasteiger charge is 2.47. The van der Waals surface area contributed by atoms with E-state index in [2.05, 4.69) is 34.5 Å². The van der Waals surface area contributed by atoms with Crippen LogP contribution in [0.3, 0.4) is 0 Å². The van der Waals surface area contributed by atoms with E-state index in [1.54, 1.807) is 0 Å². The van der Waals surface area contributed by atoms with Crippen LogP contribution in [0.25, 0.3) is 0 Å². The molecule has 1 saturated heterocycles. The Bertz CT molecular complexity index is 533. The van der Waals surface area contributed by atoms with Gasteiger partial charge in [-0.05, 0) is 37.4 Å². The zero-order valence-corrected chi connectivity index (χ0v) is 13.1. The summed E-state index contributed by atoms with van der Waals surface area (Å²) in [7, 11) is 0. The lowest BCUT2D eigenvalue weighted by atomic mass is 9.81. The van der Waals surface area contributed by atoms with Crippen LogP contribution in [-0.2, 0) is 10.2 Å². The summed E-state index contributed by atoms with van der Waals surface area (Å²) >= 11 is 0. The lowest BCUT2D eigenvalue weighted by Gasteiger charge is -2.26. The summed E-state index contributed by atoms with van der Waals surface area (Å²) in [6.07, 6.45) is 6.10. The summed E-state index contributed by atoms with van der Waals surface area (Å²) in [4.78, 5) is 14.9. The lowest BCUT2D eigenvalue weighted by molar-refractivity contribution is -0.121. The Labute approximate surface area is 132 Å². The van der Waals surface area contributed by atoms with Gasteiger partial charge in [0.1, 0.15) is 0 Å². The molecule has 1 atom stereocenters. The van der Waals surface area contributed by atoms with Gasteiger partial charge in [0, 0.05) is 24.2 Å². The molecule has 3 nitrogen and oxygen atoms in total. The summed E-state index contributed by atoms with van der Waals surface area (Å²) in [6.45, 7) is 2.75. The number of para-hydroxylation sites is 1. The summed E-state index contributed by atoms with van der Waals surface area (Å²) in [6, 6.07) is 8.59. The third kappa shape index (κ3) is 2.27. The molecule has 1 saturated carbocycles. The van der Waals surface area contributed by atoms with Crippen LogP contribution in [0.2, 0.25) is 0 Å². The largest absolute Gasteiger partial charge is 0.316 e. The minimum Gasteiger partial charge on any atom is -0.316 e. The predicted octanol–water partition coefficient (Wildman–Crippen LogP) is 2.88. The normalized spacial score (nSPS) is 25.9. The smallest absolute Gasteiger partial charge is 0.231 e. The molecule has 21 heavy (non-hydrogen) atoms. The molecule has 1 unspecified atom stereocenters. The van der Waals surface area contributed by atoms with Gasteiger partial charge in [-0.2, -0.15) is 0 Å². The Morgan fingerprint density at radius 3 is 2.71 bits per heavy atom. The van der Waals surface area contributed by atoms with E-state index in [4.69, 9.17) is 0 Å². The molecule has 4 rings (SSSR count). The van der Waals surface area contributed by atoms with Gasteiger partial charge in [-0.3, -0.25) is 4.79 Å². The third-order valence-corrected chi connectivity index (χ3v) is 5.46. The van der Waals surface area contributed by atoms with Crippen LogP contribution >= 0.6 is 12.4 Å². The highest BCUT2D eigenvalue weighted by Crippen LogP contribution is 2.50. The molecule has 1 aromatic carbocycles. The van der Waals surface area contributed by atoms with Gasteiger partial charge in [0.15, 0.2) is 0 Å². The van der Waals surface area contributed by atoms with Gasteiger partial charge in [-0.15, -0.1) is 12.4 Å². The number of hydrogen-bond donors (Lipinski definition) is 1. The highest BCUT2D eigenvalue weighted by molar-refractivity contribution is 5.98. The standard InChI is InChI=1S/C17H22N2O.ClH/c20-16(13-7-10-18-11-13)19-12-17(8-3-4-9-17)14-5-1-2-6-15(14)19;/h1-2,5-6,13,18H,3-4,7-12H2;1H. The monoisotopic (exact) mass is 306 g/mol. The van der Waals surface area contributed by atoms with Crippen molar-refractivity contribution in [3.63, 3.8) is 0 Å². The molecule has 2 aliphatic heterocycles. The first-order valence-electron chi connectivity index (χ1n) is 7.92. The van der Waals surface area contributed by atoms with Crippen LogP contribution in [0.4, 0.5) is 5.69 Å². The molecule has 114 valence electrons. The van der Waals surface area contributed by atoms with Crippen molar-refractivity contribution in [1.29, 1.82) is 0 Å². The van der Waals surface area contributed by atoms with Crippen molar-refractivity contribution in [3.8, 4) is 0 Å². The van der Waals surface area contributed by atoms with Crippen LogP contribution in [0.5, 0.6) is 0 Å². The number of carbonyl (C=O) groups is 1. The molecule has 1 amide bonds. The van der Waals surface area contributed by atoms with Crippen LogP contribution in [0.1, 0.15) is 37.7 Å². The van der Waals surface area contributed by atoms with Gasteiger partial charge in [-0.25, -0.2) is 0 Å². The Morgan fingerprint density at radius 2 is 2.00 bits per heavy atom. The molecule has 0 radical (unpaired) electrons. The molecule has 0 bridgehead atoms. The minimum atomic E-state index is 0. The number of fused-ring (bicyclic) bond motifs is 2. The molecule has 3 aliphatic rings. The topological polar surface area (TPSA) is 32.3 Å². The number of nitrogens with one attached hydrogen (secondary N) is 1. The molecule has 4 heteroatoms. The van der Waals surface area contributed by atoms with Gasteiger partial charge in [-0.1, -0.05) is 31.0 Å². The Hall–Kier alpha value is -1.06. The zero-order chi connectivity index (χ0) is 13.6. The van der Waals surface area contributed by atoms with Gasteiger partial charge < -0.3 is 10.2 Å². The van der Waals surface area contributed by atoms with E-state index in [-0.39, 0.29) is 23.7 Å². The third-order valence-electron chi connectivity index (χ3n) is 5.46. The van der Waals surface area contributed by atoms with E-state index in [1.807, 2.05) is 0 Å². The fraction of sp³-hybridized carbons (Fsp3) is 0.588. The van der Waals surface area contributed by atoms with Crippen molar-refractivity contribution in [2.45, 2.75) is 37.5 Å². The zero-order valence-electron chi connectivity index (χ0n) is 12.3. The average molecular weight is 307 g/mol. The molecular weight excluding hydrogens is 284 g/mol. The van der Waals surface area contributed by atoms with Gasteiger partial charge in [0.25, 0.3) is 0 Å². The van der Waals surface area contributed by atoms with E-state index in [0.717, 1.165) is 26.1 Å². The second-order valence-corrected chi connectivity index (χ2v) is 6.62. The van der Waals surface area contributed by atoms with Crippen LogP contribution < -0.4 is 10.2 Å². The quantitative estimate of drug-likeness (QED) is 0.865. The summed E-state index contributed by atoms with van der Waals surface area (Å²) < 4.78 is 0. The van der Waals surface area contributed by atoms with Crippen molar-refractivity contribution in [1.82, 2.24) is 5.32 Å². The van der Waals surface area contributed by atoms with Gasteiger partial charge in [0.2, 0.25) is 5.91 Å². The molecule has 1 N–H and O–H groups in total. The first-order valence-corrected chi connectivity index (χ1v) is 7.92. The maximum Gasteiger partial charge on any atom is 0.231 e. The van der Waals surface area contributed by atoms with Gasteiger partial charge >= 0.3 is 0 Å².